The fourth-order valence-electron chi connectivity index (χ4n) is 2.98. The average Bonchev–Trinajstić information content (AvgIpc) is 3.00. The van der Waals surface area contributed by atoms with E-state index in [1.165, 1.54) is 13.2 Å². The van der Waals surface area contributed by atoms with Gasteiger partial charge in [0.25, 0.3) is 0 Å². The number of hydrogen-bond acceptors (Lipinski definition) is 7. The molecule has 0 aliphatic rings. The zero-order chi connectivity index (χ0) is 20.5. The lowest BCUT2D eigenvalue weighted by Gasteiger charge is -2.12. The van der Waals surface area contributed by atoms with Crippen LogP contribution in [0.2, 0.25) is 0 Å². The number of ether oxygens (including phenoxy) is 1. The Morgan fingerprint density at radius 2 is 2.07 bits per heavy atom. The number of fused-ring (bicyclic) bond motifs is 1. The van der Waals surface area contributed by atoms with Crippen molar-refractivity contribution in [2.45, 2.75) is 24.7 Å². The van der Waals surface area contributed by atoms with Crippen molar-refractivity contribution in [3.8, 4) is 17.0 Å². The molecule has 0 atom stereocenters. The highest BCUT2D eigenvalue weighted by atomic mass is 32.2. The molecule has 3 aromatic rings. The second kappa shape index (κ2) is 7.74. The van der Waals surface area contributed by atoms with E-state index in [1.807, 2.05) is 13.8 Å². The summed E-state index contributed by atoms with van der Waals surface area (Å²) in [5.74, 6) is 0.757. The minimum atomic E-state index is -3.86. The van der Waals surface area contributed by atoms with Gasteiger partial charge < -0.3 is 15.6 Å². The summed E-state index contributed by atoms with van der Waals surface area (Å²) in [4.78, 5) is 4.62. The Kier molecular flexibility index (Phi) is 5.54. The van der Waals surface area contributed by atoms with Crippen LogP contribution in [0.4, 0.5) is 5.82 Å². The average molecular weight is 405 g/mol. The highest BCUT2D eigenvalue weighted by molar-refractivity contribution is 7.89. The molecule has 2 aromatic heterocycles. The number of nitrogens with two attached hydrogens (primary N) is 1. The summed E-state index contributed by atoms with van der Waals surface area (Å²) < 4.78 is 34.3. The fourth-order valence-corrected chi connectivity index (χ4v) is 4.20. The van der Waals surface area contributed by atoms with Gasteiger partial charge in [-0.05, 0) is 30.2 Å². The van der Waals surface area contributed by atoms with Gasteiger partial charge in [-0.1, -0.05) is 13.8 Å². The van der Waals surface area contributed by atoms with Crippen molar-refractivity contribution >= 4 is 21.5 Å². The van der Waals surface area contributed by atoms with Gasteiger partial charge in [-0.15, -0.1) is 5.10 Å². The SMILES string of the molecule is COc1ccc(-c2ccn3nc(N)c(C(C)C)c3n2)cc1S(=O)(=O)NCCO. The molecule has 0 bridgehead atoms. The monoisotopic (exact) mass is 405 g/mol. The molecule has 0 aliphatic carbocycles. The highest BCUT2D eigenvalue weighted by Crippen LogP contribution is 2.31. The Balaban J connectivity index is 2.14. The number of aliphatic hydroxyl groups is 1. The Hall–Kier alpha value is -2.69. The van der Waals surface area contributed by atoms with Crippen LogP contribution in [0.15, 0.2) is 35.4 Å². The second-order valence-corrected chi connectivity index (χ2v) is 8.26. The molecule has 3 rings (SSSR count). The number of sulfonamides is 1. The first kappa shape index (κ1) is 20.1. The zero-order valence-electron chi connectivity index (χ0n) is 15.9. The van der Waals surface area contributed by atoms with Crippen LogP contribution in [-0.4, -0.2) is 48.4 Å². The van der Waals surface area contributed by atoms with Crippen LogP contribution in [0, 0.1) is 0 Å². The zero-order valence-corrected chi connectivity index (χ0v) is 16.7. The van der Waals surface area contributed by atoms with Gasteiger partial charge in [0.2, 0.25) is 10.0 Å². The molecule has 0 saturated carbocycles. The van der Waals surface area contributed by atoms with Crippen molar-refractivity contribution in [3.63, 3.8) is 0 Å². The largest absolute Gasteiger partial charge is 0.495 e. The molecular weight excluding hydrogens is 382 g/mol. The lowest BCUT2D eigenvalue weighted by molar-refractivity contribution is 0.301. The highest BCUT2D eigenvalue weighted by Gasteiger charge is 2.21. The predicted molar refractivity (Wildman–Crippen MR) is 106 cm³/mol. The van der Waals surface area contributed by atoms with Gasteiger partial charge in [-0.25, -0.2) is 22.6 Å². The number of nitrogens with one attached hydrogen (secondary N) is 1. The van der Waals surface area contributed by atoms with Gasteiger partial charge in [-0.3, -0.25) is 0 Å². The van der Waals surface area contributed by atoms with E-state index in [9.17, 15) is 8.42 Å². The molecule has 1 aromatic carbocycles. The molecule has 0 aliphatic heterocycles. The summed E-state index contributed by atoms with van der Waals surface area (Å²) in [6.07, 6.45) is 1.74. The van der Waals surface area contributed by atoms with Crippen LogP contribution in [-0.2, 0) is 10.0 Å². The first-order valence-electron chi connectivity index (χ1n) is 8.72. The third-order valence-electron chi connectivity index (χ3n) is 4.28. The fraction of sp³-hybridized carbons (Fsp3) is 0.333. The third kappa shape index (κ3) is 3.66. The number of nitrogen functional groups attached to an aromatic ring is 1. The van der Waals surface area contributed by atoms with E-state index in [1.54, 1.807) is 28.9 Å². The molecule has 0 fully saturated rings. The maximum absolute atomic E-state index is 12.6. The number of hydrogen-bond donors (Lipinski definition) is 3. The molecule has 4 N–H and O–H groups in total. The van der Waals surface area contributed by atoms with E-state index in [0.717, 1.165) is 5.56 Å². The Morgan fingerprint density at radius 3 is 2.71 bits per heavy atom. The summed E-state index contributed by atoms with van der Waals surface area (Å²) >= 11 is 0. The maximum atomic E-state index is 12.6. The van der Waals surface area contributed by atoms with E-state index >= 15 is 0 Å². The Labute approximate surface area is 163 Å². The number of benzene rings is 1. The maximum Gasteiger partial charge on any atom is 0.244 e. The van der Waals surface area contributed by atoms with Crippen molar-refractivity contribution in [1.29, 1.82) is 0 Å². The number of rotatable bonds is 7. The molecule has 0 radical (unpaired) electrons. The predicted octanol–water partition coefficient (Wildman–Crippen LogP) is 1.38. The molecule has 10 heteroatoms. The minimum Gasteiger partial charge on any atom is -0.495 e. The molecule has 28 heavy (non-hydrogen) atoms. The normalized spacial score (nSPS) is 12.0. The lowest BCUT2D eigenvalue weighted by Crippen LogP contribution is -2.27. The molecule has 9 nitrogen and oxygen atoms in total. The first-order chi connectivity index (χ1) is 13.3. The molecule has 0 spiro atoms. The Bertz CT molecular complexity index is 1110. The number of aromatic nitrogens is 3. The van der Waals surface area contributed by atoms with Crippen molar-refractivity contribution in [2.75, 3.05) is 26.0 Å². The second-order valence-electron chi connectivity index (χ2n) is 6.52. The van der Waals surface area contributed by atoms with Crippen LogP contribution >= 0.6 is 0 Å². The summed E-state index contributed by atoms with van der Waals surface area (Å²) in [6, 6.07) is 6.54. The van der Waals surface area contributed by atoms with Crippen molar-refractivity contribution < 1.29 is 18.3 Å². The van der Waals surface area contributed by atoms with Crippen molar-refractivity contribution in [3.05, 3.63) is 36.0 Å². The van der Waals surface area contributed by atoms with Crippen LogP contribution in [0.1, 0.15) is 25.3 Å². The van der Waals surface area contributed by atoms with Gasteiger partial charge in [-0.2, -0.15) is 0 Å². The van der Waals surface area contributed by atoms with Crippen LogP contribution < -0.4 is 15.2 Å². The number of anilines is 1. The van der Waals surface area contributed by atoms with Crippen LogP contribution in [0.5, 0.6) is 5.75 Å². The summed E-state index contributed by atoms with van der Waals surface area (Å²) in [5.41, 5.74) is 8.66. The van der Waals surface area contributed by atoms with Crippen molar-refractivity contribution in [1.82, 2.24) is 19.3 Å². The topological polar surface area (TPSA) is 132 Å². The molecule has 0 amide bonds. The first-order valence-corrected chi connectivity index (χ1v) is 10.2. The van der Waals surface area contributed by atoms with E-state index in [4.69, 9.17) is 15.6 Å². The van der Waals surface area contributed by atoms with Crippen molar-refractivity contribution in [2.24, 2.45) is 0 Å². The van der Waals surface area contributed by atoms with Crippen LogP contribution in [0.3, 0.4) is 0 Å². The molecule has 0 unspecified atom stereocenters. The van der Waals surface area contributed by atoms with Gasteiger partial charge in [0, 0.05) is 23.9 Å². The third-order valence-corrected chi connectivity index (χ3v) is 5.76. The standard InChI is InChI=1S/C18H23N5O4S/c1-11(2)16-17(19)22-23-8-6-13(21-18(16)23)12-4-5-14(27-3)15(10-12)28(25,26)20-7-9-24/h4-6,8,10-11,20,24H,7,9H2,1-3H3,(H2,19,22). The summed E-state index contributed by atoms with van der Waals surface area (Å²) in [7, 11) is -2.46. The van der Waals surface area contributed by atoms with E-state index in [-0.39, 0.29) is 29.7 Å². The van der Waals surface area contributed by atoms with Crippen LogP contribution in [0.25, 0.3) is 16.9 Å². The van der Waals surface area contributed by atoms with Gasteiger partial charge >= 0.3 is 0 Å². The number of nitrogens with zero attached hydrogens (tertiary/aromatic N) is 3. The van der Waals surface area contributed by atoms with Gasteiger partial charge in [0.15, 0.2) is 11.5 Å². The molecule has 0 saturated heterocycles. The minimum absolute atomic E-state index is 0.0280. The van der Waals surface area contributed by atoms with E-state index in [0.29, 0.717) is 22.7 Å². The smallest absolute Gasteiger partial charge is 0.244 e. The molecular formula is C18H23N5O4S. The van der Waals surface area contributed by atoms with Gasteiger partial charge in [0.05, 0.1) is 19.4 Å². The quantitative estimate of drug-likeness (QED) is 0.541. The lowest BCUT2D eigenvalue weighted by atomic mass is 10.1. The number of methoxy groups -OCH3 is 1. The molecule has 2 heterocycles. The molecule has 150 valence electrons. The van der Waals surface area contributed by atoms with E-state index < -0.39 is 10.0 Å². The number of aliphatic hydroxyl groups excluding tert-OH is 1. The van der Waals surface area contributed by atoms with Gasteiger partial charge in [0.1, 0.15) is 10.6 Å². The summed E-state index contributed by atoms with van der Waals surface area (Å²) in [6.45, 7) is 3.62. The summed E-state index contributed by atoms with van der Waals surface area (Å²) in [5, 5.41) is 13.2. The Morgan fingerprint density at radius 1 is 1.32 bits per heavy atom. The van der Waals surface area contributed by atoms with E-state index in [2.05, 4.69) is 14.8 Å².